The van der Waals surface area contributed by atoms with Crippen molar-refractivity contribution in [2.45, 2.75) is 0 Å². The first-order valence-electron chi connectivity index (χ1n) is 23.8. The van der Waals surface area contributed by atoms with Crippen molar-refractivity contribution in [3.05, 3.63) is 194 Å². The fourth-order valence-electron chi connectivity index (χ4n) is 7.18. The molecular weight excluding hydrogens is 685 g/mol. The lowest BCUT2D eigenvalue weighted by Gasteiger charge is -2.13. The van der Waals surface area contributed by atoms with E-state index < -0.39 is 78.2 Å². The summed E-state index contributed by atoms with van der Waals surface area (Å²) in [4.78, 5) is 15.0. The summed E-state index contributed by atoms with van der Waals surface area (Å²) in [6.45, 7) is 0. The summed E-state index contributed by atoms with van der Waals surface area (Å²) in [7, 11) is 0. The molecule has 0 N–H and O–H groups in total. The Kier molecular flexibility index (Phi) is 5.10. The van der Waals surface area contributed by atoms with E-state index in [0.717, 1.165) is 32.0 Å². The summed E-state index contributed by atoms with van der Waals surface area (Å²) >= 11 is 0. The molecule has 3 aromatic heterocycles. The Labute approximate surface area is 339 Å². The third kappa shape index (κ3) is 5.37. The lowest BCUT2D eigenvalue weighted by Crippen LogP contribution is -2.01. The molecule has 0 spiro atoms. The maximum Gasteiger partial charge on any atom is 0.164 e. The monoisotopic (exact) mass is 728 g/mol. The van der Waals surface area contributed by atoms with Crippen LogP contribution in [0, 0.1) is 0 Å². The van der Waals surface area contributed by atoms with Crippen LogP contribution in [0.15, 0.2) is 198 Å². The standard InChI is InChI=1S/C51H32N4O/c1-3-13-33(14-4-1)34-23-25-35(26-24-34)49-52-50(37-28-30-43-42-19-10-12-22-47(42)56-48(43)32-37)54-51(53-49)44-20-8-7-17-39(44)36-27-29-41-40-18-9-11-21-45(40)55(46(41)31-36)38-15-5-2-6-16-38/h1-32H/i2D,5D,6D,9D,11D,15D,16D,18D,21D,27D,29D,31D. The molecule has 11 aromatic rings. The first kappa shape index (κ1) is 21.9. The number of hydrogen-bond donors (Lipinski definition) is 0. The Morgan fingerprint density at radius 3 is 1.89 bits per heavy atom. The van der Waals surface area contributed by atoms with Crippen LogP contribution in [0.4, 0.5) is 0 Å². The van der Waals surface area contributed by atoms with Crippen molar-refractivity contribution in [3.8, 4) is 62.1 Å². The molecule has 0 saturated carbocycles. The molecule has 0 unspecified atom stereocenters. The van der Waals surface area contributed by atoms with Gasteiger partial charge in [0.05, 0.1) is 27.5 Å². The number of hydrogen-bond acceptors (Lipinski definition) is 4. The number of benzene rings is 8. The molecule has 5 heteroatoms. The maximum absolute atomic E-state index is 9.95. The van der Waals surface area contributed by atoms with Gasteiger partial charge >= 0.3 is 0 Å². The van der Waals surface area contributed by atoms with Gasteiger partial charge in [-0.15, -0.1) is 0 Å². The van der Waals surface area contributed by atoms with E-state index in [9.17, 15) is 4.11 Å². The summed E-state index contributed by atoms with van der Waals surface area (Å²) in [5.74, 6) is 0.740. The van der Waals surface area contributed by atoms with Crippen molar-refractivity contribution in [1.82, 2.24) is 19.5 Å². The Balaban J connectivity index is 1.19. The van der Waals surface area contributed by atoms with Gasteiger partial charge in [-0.1, -0.05) is 151 Å². The van der Waals surface area contributed by atoms with Gasteiger partial charge in [0.2, 0.25) is 0 Å². The zero-order valence-electron chi connectivity index (χ0n) is 41.2. The van der Waals surface area contributed by atoms with Crippen LogP contribution >= 0.6 is 0 Å². The number of rotatable bonds is 6. The van der Waals surface area contributed by atoms with Crippen molar-refractivity contribution in [2.24, 2.45) is 0 Å². The van der Waals surface area contributed by atoms with E-state index in [4.69, 9.17) is 31.7 Å². The average Bonchev–Trinajstić information content (AvgIpc) is 3.92. The van der Waals surface area contributed by atoms with Gasteiger partial charge in [0.1, 0.15) is 11.2 Å². The molecule has 262 valence electrons. The van der Waals surface area contributed by atoms with E-state index in [1.165, 1.54) is 0 Å². The Morgan fingerprint density at radius 1 is 0.411 bits per heavy atom. The van der Waals surface area contributed by atoms with E-state index in [2.05, 4.69) is 0 Å². The summed E-state index contributed by atoms with van der Waals surface area (Å²) in [5, 5.41) is 1.39. The van der Waals surface area contributed by atoms with Gasteiger partial charge in [0, 0.05) is 43.9 Å². The molecule has 0 atom stereocenters. The number of nitrogens with zero attached hydrogens (tertiary/aromatic N) is 4. The SMILES string of the molecule is [2H]c1c([2H])c([2H])c(-n2c3c([2H])c([2H])c([2H])c([2H])c3c3c([2H])c([2H])c(-c4ccccc4-c4nc(-c5ccc(-c6ccccc6)cc5)nc(-c5ccc6c(c5)oc5ccccc56)n4)c([2H])c32)c([2H])c1[2H]. The minimum atomic E-state index is -0.715. The molecule has 0 bridgehead atoms. The third-order valence-corrected chi connectivity index (χ3v) is 9.83. The highest BCUT2D eigenvalue weighted by atomic mass is 16.3. The zero-order valence-corrected chi connectivity index (χ0v) is 29.2. The lowest BCUT2D eigenvalue weighted by atomic mass is 9.97. The Bertz CT molecular complexity index is 3920. The lowest BCUT2D eigenvalue weighted by molar-refractivity contribution is 0.669. The van der Waals surface area contributed by atoms with E-state index in [0.29, 0.717) is 28.1 Å². The van der Waals surface area contributed by atoms with Crippen LogP contribution in [0.2, 0.25) is 0 Å². The number of aromatic nitrogens is 4. The number of furan rings is 1. The van der Waals surface area contributed by atoms with Gasteiger partial charge in [-0.2, -0.15) is 0 Å². The van der Waals surface area contributed by atoms with Crippen molar-refractivity contribution in [1.29, 1.82) is 0 Å². The van der Waals surface area contributed by atoms with Gasteiger partial charge in [-0.25, -0.2) is 15.0 Å². The molecule has 0 aliphatic rings. The molecule has 0 radical (unpaired) electrons. The summed E-state index contributed by atoms with van der Waals surface area (Å²) in [6.07, 6.45) is 0. The second-order valence-electron chi connectivity index (χ2n) is 13.1. The van der Waals surface area contributed by atoms with Crippen LogP contribution in [0.1, 0.15) is 16.4 Å². The van der Waals surface area contributed by atoms with Crippen LogP contribution in [-0.2, 0) is 0 Å². The topological polar surface area (TPSA) is 56.7 Å². The second kappa shape index (κ2) is 13.0. The van der Waals surface area contributed by atoms with Gasteiger partial charge in [-0.05, 0) is 64.6 Å². The van der Waals surface area contributed by atoms with Crippen LogP contribution in [0.5, 0.6) is 0 Å². The van der Waals surface area contributed by atoms with E-state index in [1.807, 2.05) is 97.1 Å². The normalized spacial score (nSPS) is 14.6. The van der Waals surface area contributed by atoms with Crippen molar-refractivity contribution >= 4 is 43.7 Å². The minimum Gasteiger partial charge on any atom is -0.456 e. The van der Waals surface area contributed by atoms with Crippen molar-refractivity contribution < 1.29 is 20.9 Å². The van der Waals surface area contributed by atoms with Crippen LogP contribution < -0.4 is 0 Å². The van der Waals surface area contributed by atoms with E-state index >= 15 is 0 Å². The van der Waals surface area contributed by atoms with Crippen LogP contribution in [-0.4, -0.2) is 19.5 Å². The molecule has 0 fully saturated rings. The molecule has 0 aliphatic heterocycles. The predicted molar refractivity (Wildman–Crippen MR) is 229 cm³/mol. The summed E-state index contributed by atoms with van der Waals surface area (Å²) < 4.78 is 115. The molecule has 3 heterocycles. The quantitative estimate of drug-likeness (QED) is 0.171. The largest absolute Gasteiger partial charge is 0.456 e. The van der Waals surface area contributed by atoms with Gasteiger partial charge < -0.3 is 8.98 Å². The Hall–Kier alpha value is -7.63. The van der Waals surface area contributed by atoms with Crippen molar-refractivity contribution in [3.63, 3.8) is 0 Å². The minimum absolute atomic E-state index is 0.121. The predicted octanol–water partition coefficient (Wildman–Crippen LogP) is 13.2. The number of para-hydroxylation sites is 3. The van der Waals surface area contributed by atoms with E-state index in [-0.39, 0.29) is 44.6 Å². The fraction of sp³-hybridized carbons (Fsp3) is 0. The third-order valence-electron chi connectivity index (χ3n) is 9.83. The molecule has 11 rings (SSSR count). The van der Waals surface area contributed by atoms with Crippen molar-refractivity contribution in [2.75, 3.05) is 0 Å². The molecule has 5 nitrogen and oxygen atoms in total. The average molecular weight is 729 g/mol. The zero-order chi connectivity index (χ0) is 47.4. The molecule has 0 aliphatic carbocycles. The smallest absolute Gasteiger partial charge is 0.164 e. The molecular formula is C51H32N4O. The van der Waals surface area contributed by atoms with Crippen LogP contribution in [0.3, 0.4) is 0 Å². The highest BCUT2D eigenvalue weighted by molar-refractivity contribution is 6.10. The highest BCUT2D eigenvalue weighted by Gasteiger charge is 2.19. The highest BCUT2D eigenvalue weighted by Crippen LogP contribution is 2.39. The maximum atomic E-state index is 9.95. The van der Waals surface area contributed by atoms with E-state index in [1.54, 1.807) is 24.3 Å². The van der Waals surface area contributed by atoms with Gasteiger partial charge in [-0.3, -0.25) is 0 Å². The van der Waals surface area contributed by atoms with Crippen LogP contribution in [0.25, 0.3) is 106 Å². The first-order valence-corrected chi connectivity index (χ1v) is 17.8. The number of fused-ring (bicyclic) bond motifs is 6. The second-order valence-corrected chi connectivity index (χ2v) is 13.1. The summed E-state index contributed by atoms with van der Waals surface area (Å²) in [5.41, 5.74) is 3.99. The molecule has 0 amide bonds. The summed E-state index contributed by atoms with van der Waals surface area (Å²) in [6, 6.07) is 30.3. The van der Waals surface area contributed by atoms with Gasteiger partial charge in [0.25, 0.3) is 0 Å². The molecule has 0 saturated heterocycles. The molecule has 56 heavy (non-hydrogen) atoms. The Morgan fingerprint density at radius 2 is 1.04 bits per heavy atom. The fourth-order valence-corrected chi connectivity index (χ4v) is 7.18. The van der Waals surface area contributed by atoms with Gasteiger partial charge in [0.15, 0.2) is 17.5 Å². The molecule has 8 aromatic carbocycles. The first-order chi connectivity index (χ1) is 32.7.